The maximum absolute atomic E-state index is 14.5. The maximum Gasteiger partial charge on any atom is 0.420 e. The molecule has 0 unspecified atom stereocenters. The third-order valence-electron chi connectivity index (χ3n) is 8.71. The summed E-state index contributed by atoms with van der Waals surface area (Å²) in [4.78, 5) is 36.1. The number of carbonyl (C=O) groups excluding carboxylic acids is 2. The highest BCUT2D eigenvalue weighted by atomic mass is 35.5. The Morgan fingerprint density at radius 2 is 1.51 bits per heavy atom. The number of hydrogen-bond acceptors (Lipinski definition) is 9. The number of alkyl halides is 3. The Hall–Kier alpha value is -4.50. The minimum absolute atomic E-state index is 0.0129. The van der Waals surface area contributed by atoms with Crippen LogP contribution in [-0.2, 0) is 28.9 Å². The topological polar surface area (TPSA) is 142 Å². The minimum Gasteiger partial charge on any atom is -0.481 e. The number of amides is 2. The fourth-order valence-electron chi connectivity index (χ4n) is 6.18. The summed E-state index contributed by atoms with van der Waals surface area (Å²) in [7, 11) is 1.52. The fraction of sp³-hybridized carbons (Fsp3) is 0.343. The summed E-state index contributed by atoms with van der Waals surface area (Å²) in [5.41, 5.74) is 1.77. The Labute approximate surface area is 302 Å². The Bertz CT molecular complexity index is 1930. The van der Waals surface area contributed by atoms with Crippen LogP contribution >= 0.6 is 23.2 Å². The van der Waals surface area contributed by atoms with Crippen LogP contribution in [0.15, 0.2) is 54.9 Å². The van der Waals surface area contributed by atoms with Gasteiger partial charge in [0.25, 0.3) is 0 Å². The van der Waals surface area contributed by atoms with Crippen LogP contribution < -0.4 is 31.3 Å². The van der Waals surface area contributed by atoms with Gasteiger partial charge >= 0.3 is 6.18 Å². The zero-order chi connectivity index (χ0) is 36.1. The lowest BCUT2D eigenvalue weighted by Gasteiger charge is -2.20. The smallest absolute Gasteiger partial charge is 0.420 e. The normalized spacial score (nSPS) is 17.4. The number of pyridine rings is 3. The van der Waals surface area contributed by atoms with E-state index in [1.54, 1.807) is 36.5 Å². The van der Waals surface area contributed by atoms with Gasteiger partial charge in [-0.25, -0.2) is 9.97 Å². The molecule has 51 heavy (non-hydrogen) atoms. The number of nitrogens with zero attached hydrogens (tertiary/aromatic N) is 3. The van der Waals surface area contributed by atoms with Gasteiger partial charge in [0.05, 0.1) is 34.2 Å². The number of halogens is 5. The summed E-state index contributed by atoms with van der Waals surface area (Å²) >= 11 is 13.7. The van der Waals surface area contributed by atoms with Crippen LogP contribution in [0.5, 0.6) is 5.88 Å². The Morgan fingerprint density at radius 1 is 0.843 bits per heavy atom. The molecule has 1 aromatic carbocycles. The minimum atomic E-state index is -4.73. The number of rotatable bonds is 13. The lowest BCUT2D eigenvalue weighted by atomic mass is 10.0. The van der Waals surface area contributed by atoms with Crippen molar-refractivity contribution in [2.75, 3.05) is 25.5 Å². The Balaban J connectivity index is 1.22. The van der Waals surface area contributed by atoms with Crippen molar-refractivity contribution in [3.63, 3.8) is 0 Å². The monoisotopic (exact) mass is 742 g/mol. The van der Waals surface area contributed by atoms with E-state index in [1.807, 2.05) is 6.07 Å². The van der Waals surface area contributed by atoms with Gasteiger partial charge in [0.15, 0.2) is 0 Å². The molecule has 2 aliphatic heterocycles. The molecule has 0 aliphatic carbocycles. The molecule has 2 saturated heterocycles. The van der Waals surface area contributed by atoms with Gasteiger partial charge < -0.3 is 31.3 Å². The molecule has 2 aliphatic rings. The van der Waals surface area contributed by atoms with Crippen molar-refractivity contribution in [2.45, 2.75) is 57.0 Å². The van der Waals surface area contributed by atoms with E-state index < -0.39 is 17.6 Å². The Morgan fingerprint density at radius 3 is 2.14 bits per heavy atom. The molecule has 2 amide bonds. The van der Waals surface area contributed by atoms with E-state index in [0.29, 0.717) is 67.3 Å². The molecule has 2 atom stereocenters. The van der Waals surface area contributed by atoms with E-state index in [1.165, 1.54) is 19.4 Å². The molecule has 5 N–H and O–H groups in total. The number of nitrogens with one attached hydrogen (secondary N) is 5. The second kappa shape index (κ2) is 15.8. The highest BCUT2D eigenvalue weighted by Crippen LogP contribution is 2.42. The highest BCUT2D eigenvalue weighted by molar-refractivity contribution is 6.39. The quantitative estimate of drug-likeness (QED) is 0.111. The van der Waals surface area contributed by atoms with Crippen LogP contribution in [0.1, 0.15) is 42.4 Å². The predicted octanol–water partition coefficient (Wildman–Crippen LogP) is 6.02. The van der Waals surface area contributed by atoms with Crippen LogP contribution in [0.25, 0.3) is 22.5 Å². The maximum atomic E-state index is 14.5. The van der Waals surface area contributed by atoms with Crippen molar-refractivity contribution in [3.8, 4) is 28.4 Å². The molecule has 6 rings (SSSR count). The summed E-state index contributed by atoms with van der Waals surface area (Å²) in [6, 6.07) is 11.5. The number of ether oxygens (including phenoxy) is 1. The van der Waals surface area contributed by atoms with Crippen molar-refractivity contribution in [1.29, 1.82) is 0 Å². The first-order chi connectivity index (χ1) is 24.5. The third-order valence-corrected chi connectivity index (χ3v) is 9.50. The van der Waals surface area contributed by atoms with E-state index in [9.17, 15) is 22.8 Å². The average molecular weight is 744 g/mol. The average Bonchev–Trinajstić information content (AvgIpc) is 3.72. The van der Waals surface area contributed by atoms with Crippen LogP contribution in [0.4, 0.5) is 24.7 Å². The van der Waals surface area contributed by atoms with Gasteiger partial charge in [0, 0.05) is 80.2 Å². The molecule has 268 valence electrons. The van der Waals surface area contributed by atoms with Crippen LogP contribution in [0.3, 0.4) is 0 Å². The summed E-state index contributed by atoms with van der Waals surface area (Å²) in [5, 5.41) is 15.2. The molecule has 11 nitrogen and oxygen atoms in total. The number of aromatic nitrogens is 3. The van der Waals surface area contributed by atoms with Gasteiger partial charge in [-0.05, 0) is 42.7 Å². The lowest BCUT2D eigenvalue weighted by molar-refractivity contribution is -0.137. The van der Waals surface area contributed by atoms with E-state index in [-0.39, 0.29) is 51.7 Å². The largest absolute Gasteiger partial charge is 0.481 e. The number of benzene rings is 1. The lowest BCUT2D eigenvalue weighted by Crippen LogP contribution is -2.35. The second-order valence-electron chi connectivity index (χ2n) is 12.2. The van der Waals surface area contributed by atoms with Gasteiger partial charge in [-0.3, -0.25) is 14.6 Å². The first-order valence-electron chi connectivity index (χ1n) is 16.3. The second-order valence-corrected chi connectivity index (χ2v) is 13.0. The third kappa shape index (κ3) is 8.52. The van der Waals surface area contributed by atoms with Crippen LogP contribution in [0, 0.1) is 0 Å². The standard InChI is InChI=1S/C35H35Cl2F3N8O3/c1-51-34-20(16-42-18-22-7-10-28(50)46-22)5-8-25(48-34)23-12-14-43-32(31(23)37)24-3-2-4-26(30(24)36)47-33-29(35(38,39)40)19(11-13-44-33)15-41-17-21-6-9-27(49)45-21/h2-5,8,11-14,21-22,41-42H,6-7,9-10,15-18H2,1H3,(H,44,47)(H,45,49)(H,46,50)/t21-,22+/m0/s1. The van der Waals surface area contributed by atoms with Crippen LogP contribution in [-0.4, -0.2) is 59.0 Å². The van der Waals surface area contributed by atoms with Gasteiger partial charge in [-0.1, -0.05) is 41.4 Å². The van der Waals surface area contributed by atoms with E-state index >= 15 is 0 Å². The van der Waals surface area contributed by atoms with Crippen molar-refractivity contribution in [2.24, 2.45) is 0 Å². The summed E-state index contributed by atoms with van der Waals surface area (Å²) in [6.07, 6.45) is 0.441. The molecule has 0 bridgehead atoms. The number of carbonyl (C=O) groups is 2. The molecule has 5 heterocycles. The van der Waals surface area contributed by atoms with Crippen molar-refractivity contribution >= 4 is 46.5 Å². The van der Waals surface area contributed by atoms with E-state index in [2.05, 4.69) is 41.5 Å². The SMILES string of the molecule is COc1nc(-c2ccnc(-c3cccc(Nc4nccc(CNC[C@@H]5CCC(=O)N5)c4C(F)(F)F)c3Cl)c2Cl)ccc1CNC[C@H]1CCC(=O)N1. The summed E-state index contributed by atoms with van der Waals surface area (Å²) in [6.45, 7) is 1.33. The van der Waals surface area contributed by atoms with Crippen molar-refractivity contribution in [1.82, 2.24) is 36.2 Å². The zero-order valence-electron chi connectivity index (χ0n) is 27.5. The molecule has 16 heteroatoms. The van der Waals surface area contributed by atoms with E-state index in [4.69, 9.17) is 27.9 Å². The Kier molecular flexibility index (Phi) is 11.2. The summed E-state index contributed by atoms with van der Waals surface area (Å²) in [5.74, 6) is -0.0377. The first kappa shape index (κ1) is 36.3. The van der Waals surface area contributed by atoms with Crippen molar-refractivity contribution in [3.05, 3.63) is 81.6 Å². The van der Waals surface area contributed by atoms with E-state index in [0.717, 1.165) is 12.0 Å². The molecule has 0 radical (unpaired) electrons. The predicted molar refractivity (Wildman–Crippen MR) is 188 cm³/mol. The summed E-state index contributed by atoms with van der Waals surface area (Å²) < 4.78 is 48.9. The molecule has 0 saturated carbocycles. The molecule has 0 spiro atoms. The molecular weight excluding hydrogens is 708 g/mol. The number of methoxy groups -OCH3 is 1. The number of anilines is 2. The highest BCUT2D eigenvalue weighted by Gasteiger charge is 2.37. The number of hydrogen-bond donors (Lipinski definition) is 5. The van der Waals surface area contributed by atoms with Gasteiger partial charge in [0.1, 0.15) is 11.4 Å². The fourth-order valence-corrected chi connectivity index (χ4v) is 6.76. The molecule has 2 fully saturated rings. The van der Waals surface area contributed by atoms with Gasteiger partial charge in [0.2, 0.25) is 17.7 Å². The zero-order valence-corrected chi connectivity index (χ0v) is 29.0. The molecule has 4 aromatic rings. The van der Waals surface area contributed by atoms with Crippen LogP contribution in [0.2, 0.25) is 10.0 Å². The van der Waals surface area contributed by atoms with Crippen molar-refractivity contribution < 1.29 is 27.5 Å². The first-order valence-corrected chi connectivity index (χ1v) is 17.1. The molecule has 3 aromatic heterocycles. The van der Waals surface area contributed by atoms with Gasteiger partial charge in [-0.15, -0.1) is 0 Å². The molecular formula is C35H35Cl2F3N8O3. The van der Waals surface area contributed by atoms with Gasteiger partial charge in [-0.2, -0.15) is 13.2 Å².